The number of carbonyl (C=O) groups excluding carboxylic acids is 1. The predicted octanol–water partition coefficient (Wildman–Crippen LogP) is 4.92. The third-order valence-corrected chi connectivity index (χ3v) is 4.09. The molecular formula is C22H18N2O4. The Bertz CT molecular complexity index is 1010. The van der Waals surface area contributed by atoms with E-state index in [1.807, 2.05) is 30.3 Å². The Morgan fingerprint density at radius 3 is 2.43 bits per heavy atom. The van der Waals surface area contributed by atoms with Crippen molar-refractivity contribution in [1.82, 2.24) is 0 Å². The Labute approximate surface area is 162 Å². The largest absolute Gasteiger partial charge is 0.485 e. The molecule has 0 saturated heterocycles. The van der Waals surface area contributed by atoms with E-state index < -0.39 is 4.92 Å². The number of Topliss-reactive ketones (excluding diaryl/α,β-unsaturated/α-hetero) is 1. The van der Waals surface area contributed by atoms with Crippen molar-refractivity contribution >= 4 is 23.4 Å². The molecule has 0 aliphatic rings. The minimum Gasteiger partial charge on any atom is -0.485 e. The number of nitrogens with zero attached hydrogens (tertiary/aromatic N) is 2. The minimum absolute atomic E-state index is 0.0283. The summed E-state index contributed by atoms with van der Waals surface area (Å²) in [6, 6.07) is 20.7. The zero-order chi connectivity index (χ0) is 19.9. The number of benzene rings is 3. The summed E-state index contributed by atoms with van der Waals surface area (Å²) in [5.41, 5.74) is 2.90. The van der Waals surface area contributed by atoms with E-state index in [2.05, 4.69) is 4.99 Å². The molecule has 0 amide bonds. The van der Waals surface area contributed by atoms with Crippen molar-refractivity contribution in [3.05, 3.63) is 99.6 Å². The average Bonchev–Trinajstić information content (AvgIpc) is 2.72. The van der Waals surface area contributed by atoms with Crippen LogP contribution in [-0.4, -0.2) is 23.5 Å². The summed E-state index contributed by atoms with van der Waals surface area (Å²) >= 11 is 0. The molecule has 0 spiro atoms. The summed E-state index contributed by atoms with van der Waals surface area (Å²) in [7, 11) is 0. The van der Waals surface area contributed by atoms with E-state index in [-0.39, 0.29) is 18.1 Å². The number of hydrogen-bond acceptors (Lipinski definition) is 5. The standard InChI is InChI=1S/C22H18N2O4/c1-16-13-19(24(26)27)9-12-21(16)23-14-17-7-10-20(11-8-17)28-15-22(25)18-5-3-2-4-6-18/h2-14H,15H2,1H3. The molecule has 0 bridgehead atoms. The Morgan fingerprint density at radius 1 is 1.07 bits per heavy atom. The molecule has 0 heterocycles. The number of hydrogen-bond donors (Lipinski definition) is 0. The van der Waals surface area contributed by atoms with E-state index in [0.717, 1.165) is 11.1 Å². The molecule has 0 unspecified atom stereocenters. The number of aliphatic imine (C=N–C) groups is 1. The van der Waals surface area contributed by atoms with Gasteiger partial charge in [0.15, 0.2) is 12.4 Å². The first-order valence-corrected chi connectivity index (χ1v) is 8.63. The Balaban J connectivity index is 1.61. The van der Waals surface area contributed by atoms with Crippen LogP contribution in [0, 0.1) is 17.0 Å². The summed E-state index contributed by atoms with van der Waals surface area (Å²) < 4.78 is 5.54. The molecule has 28 heavy (non-hydrogen) atoms. The van der Waals surface area contributed by atoms with Crippen molar-refractivity contribution in [2.75, 3.05) is 6.61 Å². The molecular weight excluding hydrogens is 356 g/mol. The quantitative estimate of drug-likeness (QED) is 0.254. The van der Waals surface area contributed by atoms with Gasteiger partial charge in [-0.3, -0.25) is 19.9 Å². The summed E-state index contributed by atoms with van der Waals surface area (Å²) in [5, 5.41) is 10.8. The maximum absolute atomic E-state index is 12.1. The van der Waals surface area contributed by atoms with Gasteiger partial charge >= 0.3 is 0 Å². The number of ether oxygens (including phenoxy) is 1. The van der Waals surface area contributed by atoms with Gasteiger partial charge in [-0.25, -0.2) is 0 Å². The lowest BCUT2D eigenvalue weighted by molar-refractivity contribution is -0.384. The first-order chi connectivity index (χ1) is 13.5. The molecule has 6 nitrogen and oxygen atoms in total. The second kappa shape index (κ2) is 8.73. The van der Waals surface area contributed by atoms with E-state index in [1.165, 1.54) is 12.1 Å². The summed E-state index contributed by atoms with van der Waals surface area (Å²) in [6.07, 6.45) is 1.67. The van der Waals surface area contributed by atoms with E-state index in [4.69, 9.17) is 4.74 Å². The van der Waals surface area contributed by atoms with Gasteiger partial charge in [-0.2, -0.15) is 0 Å². The van der Waals surface area contributed by atoms with Crippen molar-refractivity contribution < 1.29 is 14.5 Å². The topological polar surface area (TPSA) is 81.8 Å². The second-order valence-corrected chi connectivity index (χ2v) is 6.13. The van der Waals surface area contributed by atoms with Gasteiger partial charge in [-0.15, -0.1) is 0 Å². The van der Waals surface area contributed by atoms with Crippen LogP contribution in [0.25, 0.3) is 0 Å². The zero-order valence-corrected chi connectivity index (χ0v) is 15.2. The molecule has 3 aromatic carbocycles. The van der Waals surface area contributed by atoms with E-state index in [0.29, 0.717) is 17.0 Å². The van der Waals surface area contributed by atoms with Gasteiger partial charge < -0.3 is 4.74 Å². The van der Waals surface area contributed by atoms with Crippen LogP contribution in [0.1, 0.15) is 21.5 Å². The molecule has 0 aliphatic heterocycles. The van der Waals surface area contributed by atoms with Crippen LogP contribution < -0.4 is 4.74 Å². The highest BCUT2D eigenvalue weighted by Crippen LogP contribution is 2.23. The normalized spacial score (nSPS) is 10.8. The number of non-ortho nitro benzene ring substituents is 1. The lowest BCUT2D eigenvalue weighted by atomic mass is 10.1. The smallest absolute Gasteiger partial charge is 0.269 e. The fraction of sp³-hybridized carbons (Fsp3) is 0.0909. The molecule has 0 saturated carbocycles. The first kappa shape index (κ1) is 19.0. The molecule has 0 N–H and O–H groups in total. The van der Waals surface area contributed by atoms with Crippen LogP contribution >= 0.6 is 0 Å². The highest BCUT2D eigenvalue weighted by Gasteiger charge is 2.07. The van der Waals surface area contributed by atoms with Gasteiger partial charge in [0.2, 0.25) is 0 Å². The minimum atomic E-state index is -0.429. The van der Waals surface area contributed by atoms with Crippen molar-refractivity contribution in [3.63, 3.8) is 0 Å². The van der Waals surface area contributed by atoms with Crippen LogP contribution in [0.2, 0.25) is 0 Å². The SMILES string of the molecule is Cc1cc([N+](=O)[O-])ccc1N=Cc1ccc(OCC(=O)c2ccccc2)cc1. The van der Waals surface area contributed by atoms with Crippen LogP contribution in [0.15, 0.2) is 77.8 Å². The number of carbonyl (C=O) groups is 1. The zero-order valence-electron chi connectivity index (χ0n) is 15.2. The van der Waals surface area contributed by atoms with Crippen LogP contribution in [0.5, 0.6) is 5.75 Å². The lowest BCUT2D eigenvalue weighted by Crippen LogP contribution is -2.11. The van der Waals surface area contributed by atoms with Crippen LogP contribution in [0.4, 0.5) is 11.4 Å². The van der Waals surface area contributed by atoms with Crippen LogP contribution in [-0.2, 0) is 0 Å². The van der Waals surface area contributed by atoms with Gasteiger partial charge in [-0.1, -0.05) is 30.3 Å². The number of nitro groups is 1. The van der Waals surface area contributed by atoms with Crippen molar-refractivity contribution in [1.29, 1.82) is 0 Å². The summed E-state index contributed by atoms with van der Waals surface area (Å²) in [6.45, 7) is 1.75. The van der Waals surface area contributed by atoms with Crippen molar-refractivity contribution in [2.24, 2.45) is 4.99 Å². The highest BCUT2D eigenvalue weighted by molar-refractivity contribution is 5.97. The van der Waals surface area contributed by atoms with E-state index in [1.54, 1.807) is 43.5 Å². The molecule has 3 aromatic rings. The number of nitro benzene ring substituents is 1. The number of aryl methyl sites for hydroxylation is 1. The van der Waals surface area contributed by atoms with Gasteiger partial charge in [0.05, 0.1) is 10.6 Å². The molecule has 0 aromatic heterocycles. The van der Waals surface area contributed by atoms with Gasteiger partial charge in [-0.05, 0) is 48.4 Å². The maximum atomic E-state index is 12.1. The molecule has 0 atom stereocenters. The van der Waals surface area contributed by atoms with Crippen molar-refractivity contribution in [3.8, 4) is 5.75 Å². The molecule has 140 valence electrons. The van der Waals surface area contributed by atoms with Crippen molar-refractivity contribution in [2.45, 2.75) is 6.92 Å². The fourth-order valence-corrected chi connectivity index (χ4v) is 2.55. The Kier molecular flexibility index (Phi) is 5.91. The predicted molar refractivity (Wildman–Crippen MR) is 108 cm³/mol. The number of ketones is 1. The molecule has 6 heteroatoms. The maximum Gasteiger partial charge on any atom is 0.269 e. The van der Waals surface area contributed by atoms with Gasteiger partial charge in [0.25, 0.3) is 5.69 Å². The monoisotopic (exact) mass is 374 g/mol. The number of rotatable bonds is 7. The van der Waals surface area contributed by atoms with Gasteiger partial charge in [0.1, 0.15) is 5.75 Å². The Morgan fingerprint density at radius 2 is 1.79 bits per heavy atom. The van der Waals surface area contributed by atoms with Gasteiger partial charge in [0, 0.05) is 23.9 Å². The van der Waals surface area contributed by atoms with E-state index in [9.17, 15) is 14.9 Å². The molecule has 0 radical (unpaired) electrons. The third kappa shape index (κ3) is 4.88. The third-order valence-electron chi connectivity index (χ3n) is 4.09. The molecule has 0 fully saturated rings. The highest BCUT2D eigenvalue weighted by atomic mass is 16.6. The summed E-state index contributed by atoms with van der Waals surface area (Å²) in [5.74, 6) is 0.507. The molecule has 3 rings (SSSR count). The van der Waals surface area contributed by atoms with E-state index >= 15 is 0 Å². The first-order valence-electron chi connectivity index (χ1n) is 8.63. The Hall–Kier alpha value is -3.80. The molecule has 0 aliphatic carbocycles. The lowest BCUT2D eigenvalue weighted by Gasteiger charge is -2.06. The second-order valence-electron chi connectivity index (χ2n) is 6.13. The summed E-state index contributed by atoms with van der Waals surface area (Å²) in [4.78, 5) is 26.8. The average molecular weight is 374 g/mol. The fourth-order valence-electron chi connectivity index (χ4n) is 2.55. The van der Waals surface area contributed by atoms with Crippen LogP contribution in [0.3, 0.4) is 0 Å².